The molecule has 1 aliphatic rings. The molecule has 4 heteroatoms. The Morgan fingerprint density at radius 3 is 2.78 bits per heavy atom. The van der Waals surface area contributed by atoms with Gasteiger partial charge in [-0.25, -0.2) is 0 Å². The van der Waals surface area contributed by atoms with Gasteiger partial charge in [0.2, 0.25) is 0 Å². The Labute approximate surface area is 118 Å². The normalized spacial score (nSPS) is 20.6. The number of likely N-dealkylation sites (N-methyl/N-ethyl adjacent to an activating group) is 1. The molecule has 0 amide bonds. The fourth-order valence-corrected chi connectivity index (χ4v) is 3.03. The van der Waals surface area contributed by atoms with Crippen LogP contribution in [0.1, 0.15) is 12.0 Å². The van der Waals surface area contributed by atoms with Crippen LogP contribution in [0.3, 0.4) is 0 Å². The van der Waals surface area contributed by atoms with Crippen molar-refractivity contribution in [3.8, 4) is 5.75 Å². The molecule has 0 aliphatic carbocycles. The maximum Gasteiger partial charge on any atom is 0.133 e. The topological polar surface area (TPSA) is 15.7 Å². The summed E-state index contributed by atoms with van der Waals surface area (Å²) in [4.78, 5) is 4.84. The van der Waals surface area contributed by atoms with Gasteiger partial charge < -0.3 is 9.64 Å². The SMILES string of the molecule is COc1ccc(CN2CCC(N(C)C)C2)cc1Br. The van der Waals surface area contributed by atoms with Gasteiger partial charge in [0.25, 0.3) is 0 Å². The van der Waals surface area contributed by atoms with Crippen LogP contribution < -0.4 is 4.74 Å². The van der Waals surface area contributed by atoms with Crippen LogP contribution in [0, 0.1) is 0 Å². The molecule has 0 spiro atoms. The second-order valence-electron chi connectivity index (χ2n) is 5.11. The van der Waals surface area contributed by atoms with E-state index in [-0.39, 0.29) is 0 Å². The van der Waals surface area contributed by atoms with Crippen LogP contribution in [0.5, 0.6) is 5.75 Å². The highest BCUT2D eigenvalue weighted by molar-refractivity contribution is 9.10. The highest BCUT2D eigenvalue weighted by Crippen LogP contribution is 2.26. The van der Waals surface area contributed by atoms with Crippen LogP contribution in [0.25, 0.3) is 0 Å². The number of benzene rings is 1. The first-order valence-electron chi connectivity index (χ1n) is 6.31. The first-order valence-corrected chi connectivity index (χ1v) is 7.10. The summed E-state index contributed by atoms with van der Waals surface area (Å²) in [5, 5.41) is 0. The lowest BCUT2D eigenvalue weighted by atomic mass is 10.2. The van der Waals surface area contributed by atoms with Crippen molar-refractivity contribution in [3.05, 3.63) is 28.2 Å². The van der Waals surface area contributed by atoms with Crippen molar-refractivity contribution in [2.75, 3.05) is 34.3 Å². The molecule has 0 saturated carbocycles. The monoisotopic (exact) mass is 312 g/mol. The molecule has 1 fully saturated rings. The van der Waals surface area contributed by atoms with Crippen LogP contribution in [0.15, 0.2) is 22.7 Å². The molecule has 0 N–H and O–H groups in total. The molecule has 3 nitrogen and oxygen atoms in total. The summed E-state index contributed by atoms with van der Waals surface area (Å²) in [7, 11) is 6.03. The maximum absolute atomic E-state index is 5.25. The molecule has 100 valence electrons. The van der Waals surface area contributed by atoms with Crippen LogP contribution in [0.4, 0.5) is 0 Å². The molecule has 1 unspecified atom stereocenters. The molecule has 0 radical (unpaired) electrons. The Morgan fingerprint density at radius 2 is 2.22 bits per heavy atom. The highest BCUT2D eigenvalue weighted by Gasteiger charge is 2.23. The van der Waals surface area contributed by atoms with Gasteiger partial charge in [0.15, 0.2) is 0 Å². The van der Waals surface area contributed by atoms with Gasteiger partial charge in [-0.15, -0.1) is 0 Å². The van der Waals surface area contributed by atoms with Gasteiger partial charge in [-0.3, -0.25) is 4.90 Å². The van der Waals surface area contributed by atoms with E-state index in [4.69, 9.17) is 4.74 Å². The third-order valence-electron chi connectivity index (χ3n) is 3.60. The van der Waals surface area contributed by atoms with Crippen molar-refractivity contribution in [2.45, 2.75) is 19.0 Å². The molecule has 1 aliphatic heterocycles. The molecule has 1 aromatic rings. The smallest absolute Gasteiger partial charge is 0.133 e. The summed E-state index contributed by atoms with van der Waals surface area (Å²) in [6, 6.07) is 7.03. The first kappa shape index (κ1) is 13.8. The van der Waals surface area contributed by atoms with Crippen molar-refractivity contribution in [3.63, 3.8) is 0 Å². The van der Waals surface area contributed by atoms with Crippen LogP contribution in [-0.4, -0.2) is 50.1 Å². The molecule has 0 aromatic heterocycles. The van der Waals surface area contributed by atoms with Crippen molar-refractivity contribution >= 4 is 15.9 Å². The standard InChI is InChI=1S/C14H21BrN2O/c1-16(2)12-6-7-17(10-12)9-11-4-5-14(18-3)13(15)8-11/h4-5,8,12H,6-7,9-10H2,1-3H3. The summed E-state index contributed by atoms with van der Waals surface area (Å²) in [6.07, 6.45) is 1.27. The first-order chi connectivity index (χ1) is 8.60. The van der Waals surface area contributed by atoms with Crippen LogP contribution in [0.2, 0.25) is 0 Å². The largest absolute Gasteiger partial charge is 0.496 e. The predicted octanol–water partition coefficient (Wildman–Crippen LogP) is 2.59. The number of methoxy groups -OCH3 is 1. The molecular formula is C14H21BrN2O. The van der Waals surface area contributed by atoms with Gasteiger partial charge in [0, 0.05) is 25.7 Å². The van der Waals surface area contributed by atoms with E-state index in [1.807, 2.05) is 6.07 Å². The minimum atomic E-state index is 0.701. The fourth-order valence-electron chi connectivity index (χ4n) is 2.44. The number of ether oxygens (including phenoxy) is 1. The Balaban J connectivity index is 1.96. The highest BCUT2D eigenvalue weighted by atomic mass is 79.9. The quantitative estimate of drug-likeness (QED) is 0.850. The van der Waals surface area contributed by atoms with Crippen molar-refractivity contribution in [2.24, 2.45) is 0 Å². The van der Waals surface area contributed by atoms with E-state index >= 15 is 0 Å². The zero-order valence-corrected chi connectivity index (χ0v) is 12.9. The molecule has 2 rings (SSSR count). The molecule has 0 bridgehead atoms. The summed E-state index contributed by atoms with van der Waals surface area (Å²) in [5.74, 6) is 0.895. The van der Waals surface area contributed by atoms with E-state index in [2.05, 4.69) is 52.0 Å². The minimum absolute atomic E-state index is 0.701. The van der Waals surface area contributed by atoms with Crippen molar-refractivity contribution < 1.29 is 4.74 Å². The minimum Gasteiger partial charge on any atom is -0.496 e. The molecule has 1 heterocycles. The molecule has 1 atom stereocenters. The zero-order valence-electron chi connectivity index (χ0n) is 11.3. The van der Waals surface area contributed by atoms with Crippen LogP contribution in [-0.2, 0) is 6.54 Å². The van der Waals surface area contributed by atoms with Crippen molar-refractivity contribution in [1.82, 2.24) is 9.80 Å². The summed E-state index contributed by atoms with van der Waals surface area (Å²) >= 11 is 3.54. The summed E-state index contributed by atoms with van der Waals surface area (Å²) in [6.45, 7) is 3.37. The number of nitrogens with zero attached hydrogens (tertiary/aromatic N) is 2. The van der Waals surface area contributed by atoms with E-state index in [9.17, 15) is 0 Å². The lowest BCUT2D eigenvalue weighted by Crippen LogP contribution is -2.31. The molecule has 18 heavy (non-hydrogen) atoms. The Morgan fingerprint density at radius 1 is 1.44 bits per heavy atom. The number of likely N-dealkylation sites (tertiary alicyclic amines) is 1. The summed E-state index contributed by atoms with van der Waals surface area (Å²) in [5.41, 5.74) is 1.34. The van der Waals surface area contributed by atoms with Crippen molar-refractivity contribution in [1.29, 1.82) is 0 Å². The van der Waals surface area contributed by atoms with Gasteiger partial charge in [-0.05, 0) is 54.1 Å². The summed E-state index contributed by atoms with van der Waals surface area (Å²) < 4.78 is 6.28. The maximum atomic E-state index is 5.25. The Hall–Kier alpha value is -0.580. The van der Waals surface area contributed by atoms with E-state index in [0.29, 0.717) is 6.04 Å². The average molecular weight is 313 g/mol. The van der Waals surface area contributed by atoms with E-state index in [1.54, 1.807) is 7.11 Å². The second kappa shape index (κ2) is 6.04. The van der Waals surface area contributed by atoms with Crippen LogP contribution >= 0.6 is 15.9 Å². The zero-order chi connectivity index (χ0) is 13.1. The average Bonchev–Trinajstić information content (AvgIpc) is 2.78. The molecular weight excluding hydrogens is 292 g/mol. The molecule has 1 aromatic carbocycles. The molecule has 1 saturated heterocycles. The third kappa shape index (κ3) is 3.25. The third-order valence-corrected chi connectivity index (χ3v) is 4.22. The van der Waals surface area contributed by atoms with Gasteiger partial charge in [0.1, 0.15) is 5.75 Å². The van der Waals surface area contributed by atoms with E-state index in [0.717, 1.165) is 23.3 Å². The fraction of sp³-hybridized carbons (Fsp3) is 0.571. The van der Waals surface area contributed by atoms with Gasteiger partial charge in [-0.2, -0.15) is 0 Å². The Kier molecular flexibility index (Phi) is 4.65. The number of rotatable bonds is 4. The lowest BCUT2D eigenvalue weighted by molar-refractivity contribution is 0.264. The second-order valence-corrected chi connectivity index (χ2v) is 5.96. The lowest BCUT2D eigenvalue weighted by Gasteiger charge is -2.20. The van der Waals surface area contributed by atoms with Gasteiger partial charge >= 0.3 is 0 Å². The van der Waals surface area contributed by atoms with Gasteiger partial charge in [0.05, 0.1) is 11.6 Å². The number of halogens is 1. The number of hydrogen-bond donors (Lipinski definition) is 0. The number of hydrogen-bond acceptors (Lipinski definition) is 3. The van der Waals surface area contributed by atoms with Gasteiger partial charge in [-0.1, -0.05) is 6.07 Å². The van der Waals surface area contributed by atoms with E-state index in [1.165, 1.54) is 18.5 Å². The van der Waals surface area contributed by atoms with E-state index < -0.39 is 0 Å². The predicted molar refractivity (Wildman–Crippen MR) is 78.1 cm³/mol. The Bertz CT molecular complexity index is 409.